The number of piperazine rings is 1. The van der Waals surface area contributed by atoms with Crippen LogP contribution in [0.15, 0.2) is 59.3 Å². The van der Waals surface area contributed by atoms with Crippen molar-refractivity contribution in [2.24, 2.45) is 0 Å². The standard InChI is InChI=1S/C21H21BrFN7O/c22-15-6-2-1-5-14(15)21(31)28-27-19-18(24)20(26-13-25-19)30-11-9-29(10-12-30)17-8-4-3-7-16(17)23/h1-8,13H,9-12,24H2,(H,28,31)(H,25,26,27). The number of nitrogens with two attached hydrogens (primary N) is 1. The van der Waals surface area contributed by atoms with Crippen molar-refractivity contribution in [1.82, 2.24) is 15.4 Å². The minimum Gasteiger partial charge on any atom is -0.393 e. The van der Waals surface area contributed by atoms with E-state index in [4.69, 9.17) is 5.73 Å². The summed E-state index contributed by atoms with van der Waals surface area (Å²) in [7, 11) is 0. The van der Waals surface area contributed by atoms with Crippen LogP contribution in [0.2, 0.25) is 0 Å². The van der Waals surface area contributed by atoms with Crippen molar-refractivity contribution in [3.8, 4) is 0 Å². The van der Waals surface area contributed by atoms with Gasteiger partial charge in [-0.2, -0.15) is 0 Å². The molecule has 1 aliphatic rings. The lowest BCUT2D eigenvalue weighted by Gasteiger charge is -2.37. The van der Waals surface area contributed by atoms with Crippen molar-refractivity contribution in [3.05, 3.63) is 70.7 Å². The molecule has 0 radical (unpaired) electrons. The molecule has 0 saturated carbocycles. The summed E-state index contributed by atoms with van der Waals surface area (Å²) >= 11 is 3.35. The van der Waals surface area contributed by atoms with Gasteiger partial charge in [0.2, 0.25) is 0 Å². The largest absolute Gasteiger partial charge is 0.393 e. The van der Waals surface area contributed by atoms with Crippen LogP contribution in [0.5, 0.6) is 0 Å². The van der Waals surface area contributed by atoms with Crippen LogP contribution in [0.3, 0.4) is 0 Å². The van der Waals surface area contributed by atoms with Crippen molar-refractivity contribution in [2.45, 2.75) is 0 Å². The van der Waals surface area contributed by atoms with Gasteiger partial charge in [0.05, 0.1) is 11.3 Å². The minimum absolute atomic E-state index is 0.232. The fourth-order valence-corrected chi connectivity index (χ4v) is 3.90. The van der Waals surface area contributed by atoms with Crippen LogP contribution < -0.4 is 26.4 Å². The van der Waals surface area contributed by atoms with E-state index in [2.05, 4.69) is 36.7 Å². The maximum absolute atomic E-state index is 14.1. The summed E-state index contributed by atoms with van der Waals surface area (Å²) < 4.78 is 14.7. The Morgan fingerprint density at radius 1 is 1.00 bits per heavy atom. The number of amides is 1. The van der Waals surface area contributed by atoms with Crippen molar-refractivity contribution in [3.63, 3.8) is 0 Å². The topological polar surface area (TPSA) is 99.4 Å². The van der Waals surface area contributed by atoms with E-state index in [0.29, 0.717) is 59.2 Å². The Balaban J connectivity index is 1.42. The lowest BCUT2D eigenvalue weighted by Crippen LogP contribution is -2.47. The van der Waals surface area contributed by atoms with Crippen LogP contribution in [0.25, 0.3) is 0 Å². The zero-order chi connectivity index (χ0) is 21.8. The average molecular weight is 486 g/mol. The number of benzene rings is 2. The summed E-state index contributed by atoms with van der Waals surface area (Å²) in [6.45, 7) is 2.51. The molecule has 0 spiro atoms. The van der Waals surface area contributed by atoms with Crippen molar-refractivity contribution >= 4 is 44.8 Å². The van der Waals surface area contributed by atoms with Gasteiger partial charge in [-0.25, -0.2) is 14.4 Å². The Kier molecular flexibility index (Phi) is 6.17. The second kappa shape index (κ2) is 9.17. The predicted molar refractivity (Wildman–Crippen MR) is 123 cm³/mol. The smallest absolute Gasteiger partial charge is 0.270 e. The van der Waals surface area contributed by atoms with E-state index in [1.54, 1.807) is 30.3 Å². The first-order chi connectivity index (χ1) is 15.0. The molecule has 4 N–H and O–H groups in total. The molecule has 2 aromatic carbocycles. The van der Waals surface area contributed by atoms with Gasteiger partial charge < -0.3 is 15.5 Å². The molecule has 1 aliphatic heterocycles. The number of halogens is 2. The third-order valence-electron chi connectivity index (χ3n) is 5.05. The van der Waals surface area contributed by atoms with Crippen LogP contribution in [0.4, 0.5) is 27.4 Å². The number of carbonyl (C=O) groups excluding carboxylic acids is 1. The molecule has 10 heteroatoms. The van der Waals surface area contributed by atoms with Crippen LogP contribution in [0, 0.1) is 5.82 Å². The quantitative estimate of drug-likeness (QED) is 0.477. The SMILES string of the molecule is Nc1c(NNC(=O)c2ccccc2Br)ncnc1N1CCN(c2ccccc2F)CC1. The van der Waals surface area contributed by atoms with Gasteiger partial charge in [0.25, 0.3) is 5.91 Å². The van der Waals surface area contributed by atoms with E-state index in [1.165, 1.54) is 12.4 Å². The van der Waals surface area contributed by atoms with Gasteiger partial charge >= 0.3 is 0 Å². The maximum atomic E-state index is 14.1. The highest BCUT2D eigenvalue weighted by atomic mass is 79.9. The number of hydrogen-bond donors (Lipinski definition) is 3. The first-order valence-electron chi connectivity index (χ1n) is 9.70. The average Bonchev–Trinajstić information content (AvgIpc) is 2.79. The van der Waals surface area contributed by atoms with Gasteiger partial charge in [-0.3, -0.25) is 15.6 Å². The Labute approximate surface area is 187 Å². The fourth-order valence-electron chi connectivity index (χ4n) is 3.43. The van der Waals surface area contributed by atoms with Crippen LogP contribution in [0.1, 0.15) is 10.4 Å². The van der Waals surface area contributed by atoms with Crippen molar-refractivity contribution in [2.75, 3.05) is 47.1 Å². The number of hydrazine groups is 1. The van der Waals surface area contributed by atoms with Crippen molar-refractivity contribution < 1.29 is 9.18 Å². The molecular formula is C21H21BrFN7O. The van der Waals surface area contributed by atoms with E-state index < -0.39 is 0 Å². The Bertz CT molecular complexity index is 1090. The molecule has 1 aromatic heterocycles. The molecule has 160 valence electrons. The molecule has 0 aliphatic carbocycles. The third kappa shape index (κ3) is 4.53. The number of nitrogens with one attached hydrogen (secondary N) is 2. The summed E-state index contributed by atoms with van der Waals surface area (Å²) in [4.78, 5) is 24.9. The molecule has 4 rings (SSSR count). The summed E-state index contributed by atoms with van der Waals surface area (Å²) in [5.41, 5.74) is 13.1. The third-order valence-corrected chi connectivity index (χ3v) is 5.74. The monoisotopic (exact) mass is 485 g/mol. The predicted octanol–water partition coefficient (Wildman–Crippen LogP) is 3.04. The molecule has 0 atom stereocenters. The highest BCUT2D eigenvalue weighted by Gasteiger charge is 2.23. The van der Waals surface area contributed by atoms with E-state index in [1.807, 2.05) is 21.9 Å². The van der Waals surface area contributed by atoms with Crippen LogP contribution >= 0.6 is 15.9 Å². The highest BCUT2D eigenvalue weighted by molar-refractivity contribution is 9.10. The number of aromatic nitrogens is 2. The second-order valence-corrected chi connectivity index (χ2v) is 7.80. The molecule has 8 nitrogen and oxygen atoms in total. The number of nitrogens with zero attached hydrogens (tertiary/aromatic N) is 4. The second-order valence-electron chi connectivity index (χ2n) is 6.94. The lowest BCUT2D eigenvalue weighted by atomic mass is 10.2. The molecule has 0 unspecified atom stereocenters. The Morgan fingerprint density at radius 3 is 2.42 bits per heavy atom. The first kappa shape index (κ1) is 20.9. The van der Waals surface area contributed by atoms with E-state index in [0.717, 1.165) is 0 Å². The summed E-state index contributed by atoms with van der Waals surface area (Å²) in [5, 5.41) is 0. The zero-order valence-corrected chi connectivity index (χ0v) is 18.1. The fraction of sp³-hybridized carbons (Fsp3) is 0.190. The van der Waals surface area contributed by atoms with E-state index >= 15 is 0 Å². The van der Waals surface area contributed by atoms with Crippen LogP contribution in [-0.4, -0.2) is 42.1 Å². The van der Waals surface area contributed by atoms with Gasteiger partial charge in [-0.05, 0) is 40.2 Å². The van der Waals surface area contributed by atoms with Gasteiger partial charge in [0.15, 0.2) is 11.6 Å². The van der Waals surface area contributed by atoms with Gasteiger partial charge in [0.1, 0.15) is 17.8 Å². The molecule has 1 saturated heterocycles. The summed E-state index contributed by atoms with van der Waals surface area (Å²) in [6.07, 6.45) is 1.39. The number of carbonyl (C=O) groups is 1. The Morgan fingerprint density at radius 2 is 1.68 bits per heavy atom. The van der Waals surface area contributed by atoms with Gasteiger partial charge in [-0.15, -0.1) is 0 Å². The van der Waals surface area contributed by atoms with E-state index in [9.17, 15) is 9.18 Å². The first-order valence-corrected chi connectivity index (χ1v) is 10.5. The lowest BCUT2D eigenvalue weighted by molar-refractivity contribution is 0.0961. The number of para-hydroxylation sites is 1. The zero-order valence-electron chi connectivity index (χ0n) is 16.6. The molecule has 2 heterocycles. The molecule has 3 aromatic rings. The van der Waals surface area contributed by atoms with E-state index in [-0.39, 0.29) is 11.7 Å². The number of hydrogen-bond acceptors (Lipinski definition) is 7. The molecular weight excluding hydrogens is 465 g/mol. The van der Waals surface area contributed by atoms with Gasteiger partial charge in [0, 0.05) is 30.7 Å². The highest BCUT2D eigenvalue weighted by Crippen LogP contribution is 2.28. The summed E-state index contributed by atoms with van der Waals surface area (Å²) in [6, 6.07) is 13.8. The Hall–Kier alpha value is -3.40. The number of rotatable bonds is 5. The molecule has 1 amide bonds. The summed E-state index contributed by atoms with van der Waals surface area (Å²) in [5.74, 6) is 0.318. The van der Waals surface area contributed by atoms with Gasteiger partial charge in [-0.1, -0.05) is 24.3 Å². The molecule has 31 heavy (non-hydrogen) atoms. The number of anilines is 4. The normalized spacial score (nSPS) is 13.7. The maximum Gasteiger partial charge on any atom is 0.270 e. The van der Waals surface area contributed by atoms with Crippen molar-refractivity contribution in [1.29, 1.82) is 0 Å². The number of nitrogen functional groups attached to an aromatic ring is 1. The molecule has 1 fully saturated rings. The molecule has 0 bridgehead atoms. The van der Waals surface area contributed by atoms with Crippen LogP contribution in [-0.2, 0) is 0 Å². The minimum atomic E-state index is -0.328.